The Labute approximate surface area is 204 Å². The minimum Gasteiger partial charge on any atom is -0.421 e. The summed E-state index contributed by atoms with van der Waals surface area (Å²) < 4.78 is 25.6. The van der Waals surface area contributed by atoms with Crippen LogP contribution >= 0.6 is 45.2 Å². The number of cyclic esters (lactones) is 1. The topological polar surface area (TPSA) is 65.0 Å². The quantitative estimate of drug-likeness (QED) is 0.162. The molecule has 31 heavy (non-hydrogen) atoms. The summed E-state index contributed by atoms with van der Waals surface area (Å²) in [6, 6.07) is 17.9. The molecule has 1 heterocycles. The van der Waals surface area contributed by atoms with E-state index in [4.69, 9.17) is 9.47 Å². The molecular formula is C23H12FI2NO4. The van der Waals surface area contributed by atoms with Crippen LogP contribution in [-0.4, -0.2) is 17.8 Å². The summed E-state index contributed by atoms with van der Waals surface area (Å²) in [6.07, 6.45) is 1.57. The van der Waals surface area contributed by atoms with Crippen LogP contribution < -0.4 is 4.74 Å². The van der Waals surface area contributed by atoms with E-state index < -0.39 is 17.8 Å². The van der Waals surface area contributed by atoms with Gasteiger partial charge in [0.05, 0.1) is 12.7 Å². The molecule has 0 radical (unpaired) electrons. The molecule has 0 saturated heterocycles. The van der Waals surface area contributed by atoms with Gasteiger partial charge in [-0.1, -0.05) is 24.3 Å². The summed E-state index contributed by atoms with van der Waals surface area (Å²) in [6.45, 7) is 0. The maximum absolute atomic E-state index is 13.4. The van der Waals surface area contributed by atoms with E-state index in [-0.39, 0.29) is 11.6 Å². The number of nitrogens with zero attached hydrogens (tertiary/aromatic N) is 1. The van der Waals surface area contributed by atoms with Crippen molar-refractivity contribution in [1.82, 2.24) is 0 Å². The number of rotatable bonds is 4. The Balaban J connectivity index is 1.60. The largest absolute Gasteiger partial charge is 0.421 e. The highest BCUT2D eigenvalue weighted by molar-refractivity contribution is 14.1. The van der Waals surface area contributed by atoms with E-state index >= 15 is 0 Å². The van der Waals surface area contributed by atoms with Crippen molar-refractivity contribution in [1.29, 1.82) is 0 Å². The Morgan fingerprint density at radius 3 is 2.39 bits per heavy atom. The number of carbonyl (C=O) groups is 2. The highest BCUT2D eigenvalue weighted by atomic mass is 127. The van der Waals surface area contributed by atoms with Crippen LogP contribution in [0.4, 0.5) is 4.39 Å². The standard InChI is InChI=1S/C23H12FI2NO4/c24-16-8-4-7-15(12-16)21-27-19(23(29)31-21)11-13-9-17(25)20(18(26)10-13)30-22(28)14-5-2-1-3-6-14/h1-12H/b19-11-. The lowest BCUT2D eigenvalue weighted by Crippen LogP contribution is -2.10. The van der Waals surface area contributed by atoms with Gasteiger partial charge >= 0.3 is 11.9 Å². The van der Waals surface area contributed by atoms with Crippen molar-refractivity contribution >= 4 is 69.1 Å². The number of halogens is 3. The molecule has 0 amide bonds. The van der Waals surface area contributed by atoms with Gasteiger partial charge in [0.15, 0.2) is 11.4 Å². The molecule has 0 atom stereocenters. The molecule has 0 fully saturated rings. The summed E-state index contributed by atoms with van der Waals surface area (Å²) in [7, 11) is 0. The van der Waals surface area contributed by atoms with Crippen LogP contribution in [0.2, 0.25) is 0 Å². The van der Waals surface area contributed by atoms with Crippen LogP contribution in [0.25, 0.3) is 6.08 Å². The Hall–Kier alpha value is -2.60. The van der Waals surface area contributed by atoms with Gasteiger partial charge in [-0.25, -0.2) is 19.0 Å². The Bertz CT molecular complexity index is 1230. The van der Waals surface area contributed by atoms with Gasteiger partial charge in [0.25, 0.3) is 0 Å². The number of esters is 2. The molecule has 0 unspecified atom stereocenters. The smallest absolute Gasteiger partial charge is 0.363 e. The maximum Gasteiger partial charge on any atom is 0.363 e. The minimum atomic E-state index is -0.621. The first-order valence-corrected chi connectivity index (χ1v) is 11.1. The summed E-state index contributed by atoms with van der Waals surface area (Å²) in [5.41, 5.74) is 1.61. The van der Waals surface area contributed by atoms with Gasteiger partial charge in [-0.05, 0) is 99.3 Å². The SMILES string of the molecule is O=C1OC(c2cccc(F)c2)=N/C1=C\c1cc(I)c(OC(=O)c2ccccc2)c(I)c1. The number of benzene rings is 3. The second kappa shape index (κ2) is 9.27. The fourth-order valence-electron chi connectivity index (χ4n) is 2.80. The summed E-state index contributed by atoms with van der Waals surface area (Å²) in [5.74, 6) is -1.03. The molecule has 1 aliphatic heterocycles. The normalized spacial score (nSPS) is 14.4. The molecule has 0 aliphatic carbocycles. The first-order valence-electron chi connectivity index (χ1n) is 8.95. The Morgan fingerprint density at radius 1 is 1.00 bits per heavy atom. The zero-order valence-corrected chi connectivity index (χ0v) is 20.0. The van der Waals surface area contributed by atoms with Gasteiger partial charge < -0.3 is 9.47 Å². The molecule has 0 saturated carbocycles. The fourth-order valence-corrected chi connectivity index (χ4v) is 4.83. The van der Waals surface area contributed by atoms with E-state index in [1.165, 1.54) is 18.2 Å². The number of aliphatic imine (C=N–C) groups is 1. The average molecular weight is 639 g/mol. The van der Waals surface area contributed by atoms with Gasteiger partial charge in [-0.2, -0.15) is 0 Å². The molecule has 0 aromatic heterocycles. The number of carbonyl (C=O) groups excluding carboxylic acids is 2. The molecule has 3 aromatic carbocycles. The zero-order valence-electron chi connectivity index (χ0n) is 15.6. The molecule has 0 spiro atoms. The molecule has 0 bridgehead atoms. The lowest BCUT2D eigenvalue weighted by atomic mass is 10.2. The molecule has 8 heteroatoms. The Morgan fingerprint density at radius 2 is 1.71 bits per heavy atom. The van der Waals surface area contributed by atoms with Gasteiger partial charge in [0.2, 0.25) is 5.90 Å². The molecule has 5 nitrogen and oxygen atoms in total. The lowest BCUT2D eigenvalue weighted by molar-refractivity contribution is -0.129. The van der Waals surface area contributed by atoms with Gasteiger partial charge in [-0.3, -0.25) is 0 Å². The number of ether oxygens (including phenoxy) is 2. The number of hydrogen-bond acceptors (Lipinski definition) is 5. The number of hydrogen-bond donors (Lipinski definition) is 0. The van der Waals surface area contributed by atoms with Crippen molar-refractivity contribution in [3.05, 3.63) is 102 Å². The molecule has 4 rings (SSSR count). The van der Waals surface area contributed by atoms with Crippen LogP contribution in [0.15, 0.2) is 77.4 Å². The fraction of sp³-hybridized carbons (Fsp3) is 0. The highest BCUT2D eigenvalue weighted by Crippen LogP contribution is 2.31. The van der Waals surface area contributed by atoms with Crippen molar-refractivity contribution in [3.63, 3.8) is 0 Å². The van der Waals surface area contributed by atoms with Crippen molar-refractivity contribution < 1.29 is 23.5 Å². The van der Waals surface area contributed by atoms with E-state index in [0.717, 1.165) is 0 Å². The monoisotopic (exact) mass is 639 g/mol. The van der Waals surface area contributed by atoms with Crippen molar-refractivity contribution in [3.8, 4) is 5.75 Å². The molecular weight excluding hydrogens is 627 g/mol. The van der Waals surface area contributed by atoms with Crippen LogP contribution in [0.5, 0.6) is 5.75 Å². The first kappa shape index (κ1) is 21.6. The zero-order chi connectivity index (χ0) is 22.0. The second-order valence-electron chi connectivity index (χ2n) is 6.42. The third-order valence-electron chi connectivity index (χ3n) is 4.22. The third-order valence-corrected chi connectivity index (χ3v) is 5.82. The van der Waals surface area contributed by atoms with Crippen LogP contribution in [0.1, 0.15) is 21.5 Å². The molecule has 1 aliphatic rings. The Kier molecular flexibility index (Phi) is 6.46. The van der Waals surface area contributed by atoms with E-state index in [1.807, 2.05) is 6.07 Å². The van der Waals surface area contributed by atoms with E-state index in [1.54, 1.807) is 48.5 Å². The van der Waals surface area contributed by atoms with Crippen LogP contribution in [0, 0.1) is 13.0 Å². The van der Waals surface area contributed by atoms with E-state index in [2.05, 4.69) is 50.2 Å². The second-order valence-corrected chi connectivity index (χ2v) is 8.74. The first-order chi connectivity index (χ1) is 14.9. The van der Waals surface area contributed by atoms with Crippen molar-refractivity contribution in [2.45, 2.75) is 0 Å². The predicted octanol–water partition coefficient (Wildman–Crippen LogP) is 5.60. The van der Waals surface area contributed by atoms with Crippen LogP contribution in [0.3, 0.4) is 0 Å². The summed E-state index contributed by atoms with van der Waals surface area (Å²) in [4.78, 5) is 28.8. The van der Waals surface area contributed by atoms with E-state index in [9.17, 15) is 14.0 Å². The summed E-state index contributed by atoms with van der Waals surface area (Å²) >= 11 is 4.14. The van der Waals surface area contributed by atoms with Gasteiger partial charge in [0, 0.05) is 5.56 Å². The predicted molar refractivity (Wildman–Crippen MR) is 130 cm³/mol. The van der Waals surface area contributed by atoms with Gasteiger partial charge in [0.1, 0.15) is 5.82 Å². The molecule has 3 aromatic rings. The van der Waals surface area contributed by atoms with Gasteiger partial charge in [-0.15, -0.1) is 0 Å². The van der Waals surface area contributed by atoms with Crippen molar-refractivity contribution in [2.24, 2.45) is 4.99 Å². The summed E-state index contributed by atoms with van der Waals surface area (Å²) in [5, 5.41) is 0. The van der Waals surface area contributed by atoms with Crippen molar-refractivity contribution in [2.75, 3.05) is 0 Å². The highest BCUT2D eigenvalue weighted by Gasteiger charge is 2.25. The minimum absolute atomic E-state index is 0.0496. The lowest BCUT2D eigenvalue weighted by Gasteiger charge is -2.10. The molecule has 0 N–H and O–H groups in total. The van der Waals surface area contributed by atoms with Crippen LogP contribution in [-0.2, 0) is 9.53 Å². The molecule has 154 valence electrons. The van der Waals surface area contributed by atoms with E-state index in [0.29, 0.717) is 29.6 Å². The third kappa shape index (κ3) is 5.01. The maximum atomic E-state index is 13.4. The average Bonchev–Trinajstić information content (AvgIpc) is 3.11.